The van der Waals surface area contributed by atoms with Crippen LogP contribution in [0, 0.1) is 16.7 Å². The van der Waals surface area contributed by atoms with Gasteiger partial charge in [0, 0.05) is 10.4 Å². The van der Waals surface area contributed by atoms with Gasteiger partial charge in [0.2, 0.25) is 5.91 Å². The number of carbonyl (C=O) groups excluding carboxylic acids is 1. The highest BCUT2D eigenvalue weighted by atomic mass is 79.9. The molecule has 1 fully saturated rings. The molecule has 1 amide bonds. The van der Waals surface area contributed by atoms with Crippen LogP contribution in [0.1, 0.15) is 27.7 Å². The van der Waals surface area contributed by atoms with Gasteiger partial charge in [0.05, 0.1) is 5.69 Å². The zero-order valence-electron chi connectivity index (χ0n) is 10.7. The van der Waals surface area contributed by atoms with E-state index >= 15 is 0 Å². The third kappa shape index (κ3) is 1.90. The molecule has 2 rings (SSSR count). The molecule has 0 radical (unpaired) electrons. The summed E-state index contributed by atoms with van der Waals surface area (Å²) in [4.78, 5) is 12.2. The molecule has 0 bridgehead atoms. The maximum absolute atomic E-state index is 12.2. The average Bonchev–Trinajstić information content (AvgIpc) is 2.61. The number of benzene rings is 1. The predicted molar refractivity (Wildman–Crippen MR) is 73.8 cm³/mol. The Hall–Kier alpha value is -0.830. The molecule has 0 aliphatic heterocycles. The summed E-state index contributed by atoms with van der Waals surface area (Å²) in [6, 6.07) is 7.69. The fourth-order valence-electron chi connectivity index (χ4n) is 2.62. The standard InChI is InChI=1S/C14H18BrNO/c1-13(2)11(14(13,3)4)12(17)16-10-8-6-5-7-9(10)15/h5-8,11H,1-4H3,(H,16,17). The Morgan fingerprint density at radius 1 is 1.18 bits per heavy atom. The lowest BCUT2D eigenvalue weighted by Crippen LogP contribution is -2.17. The number of nitrogens with one attached hydrogen (secondary N) is 1. The third-order valence-corrected chi connectivity index (χ3v) is 5.11. The second-order valence-electron chi connectivity index (χ2n) is 5.85. The number of halogens is 1. The summed E-state index contributed by atoms with van der Waals surface area (Å²) in [5.74, 6) is 0.203. The van der Waals surface area contributed by atoms with E-state index in [4.69, 9.17) is 0 Å². The molecular formula is C14H18BrNO. The molecule has 1 saturated carbocycles. The van der Waals surface area contributed by atoms with Crippen molar-refractivity contribution in [3.05, 3.63) is 28.7 Å². The maximum Gasteiger partial charge on any atom is 0.228 e. The zero-order valence-corrected chi connectivity index (χ0v) is 12.3. The van der Waals surface area contributed by atoms with Crippen molar-refractivity contribution in [1.29, 1.82) is 0 Å². The summed E-state index contributed by atoms with van der Waals surface area (Å²) < 4.78 is 0.921. The van der Waals surface area contributed by atoms with Crippen molar-refractivity contribution in [2.45, 2.75) is 27.7 Å². The summed E-state index contributed by atoms with van der Waals surface area (Å²) in [7, 11) is 0. The third-order valence-electron chi connectivity index (χ3n) is 4.41. The van der Waals surface area contributed by atoms with Gasteiger partial charge in [-0.05, 0) is 38.9 Å². The number of para-hydroxylation sites is 1. The zero-order chi connectivity index (χ0) is 12.8. The molecule has 0 aromatic heterocycles. The monoisotopic (exact) mass is 295 g/mol. The summed E-state index contributed by atoms with van der Waals surface area (Å²) in [5, 5.41) is 3.00. The largest absolute Gasteiger partial charge is 0.325 e. The van der Waals surface area contributed by atoms with Crippen molar-refractivity contribution in [2.75, 3.05) is 5.32 Å². The second-order valence-corrected chi connectivity index (χ2v) is 6.70. The Kier molecular flexibility index (Phi) is 2.85. The Bertz CT molecular complexity index is 451. The van der Waals surface area contributed by atoms with E-state index in [0.717, 1.165) is 10.2 Å². The van der Waals surface area contributed by atoms with Gasteiger partial charge in [0.1, 0.15) is 0 Å². The minimum atomic E-state index is 0.0817. The van der Waals surface area contributed by atoms with E-state index in [1.165, 1.54) is 0 Å². The molecule has 1 aromatic carbocycles. The average molecular weight is 296 g/mol. The lowest BCUT2D eigenvalue weighted by atomic mass is 10.0. The van der Waals surface area contributed by atoms with Crippen LogP contribution in [0.25, 0.3) is 0 Å². The molecule has 0 saturated heterocycles. The van der Waals surface area contributed by atoms with Crippen molar-refractivity contribution in [3.63, 3.8) is 0 Å². The molecule has 92 valence electrons. The summed E-state index contributed by atoms with van der Waals surface area (Å²) in [6.07, 6.45) is 0. The van der Waals surface area contributed by atoms with Gasteiger partial charge in [-0.15, -0.1) is 0 Å². The fourth-order valence-corrected chi connectivity index (χ4v) is 3.00. The van der Waals surface area contributed by atoms with E-state index in [0.29, 0.717) is 0 Å². The first-order valence-electron chi connectivity index (χ1n) is 5.84. The van der Waals surface area contributed by atoms with E-state index < -0.39 is 0 Å². The summed E-state index contributed by atoms with van der Waals surface area (Å²) >= 11 is 3.44. The number of amides is 1. The molecule has 3 heteroatoms. The van der Waals surface area contributed by atoms with E-state index in [2.05, 4.69) is 48.9 Å². The molecular weight excluding hydrogens is 278 g/mol. The minimum absolute atomic E-state index is 0.0817. The molecule has 0 atom stereocenters. The van der Waals surface area contributed by atoms with Gasteiger partial charge in [-0.2, -0.15) is 0 Å². The molecule has 0 unspecified atom stereocenters. The molecule has 1 N–H and O–H groups in total. The topological polar surface area (TPSA) is 29.1 Å². The van der Waals surface area contributed by atoms with Gasteiger partial charge in [0.15, 0.2) is 0 Å². The number of anilines is 1. The summed E-state index contributed by atoms with van der Waals surface area (Å²) in [5.41, 5.74) is 1.01. The molecule has 1 aliphatic rings. The van der Waals surface area contributed by atoms with Gasteiger partial charge >= 0.3 is 0 Å². The van der Waals surface area contributed by atoms with Crippen LogP contribution in [0.15, 0.2) is 28.7 Å². The van der Waals surface area contributed by atoms with Gasteiger partial charge in [0.25, 0.3) is 0 Å². The Balaban J connectivity index is 2.13. The van der Waals surface area contributed by atoms with E-state index in [1.807, 2.05) is 24.3 Å². The minimum Gasteiger partial charge on any atom is -0.325 e. The summed E-state index contributed by atoms with van der Waals surface area (Å²) in [6.45, 7) is 8.60. The highest BCUT2D eigenvalue weighted by Gasteiger charge is 2.68. The van der Waals surface area contributed by atoms with Crippen LogP contribution in [0.3, 0.4) is 0 Å². The molecule has 0 spiro atoms. The SMILES string of the molecule is CC1(C)C(C(=O)Nc2ccccc2Br)C1(C)C. The maximum atomic E-state index is 12.2. The van der Waals surface area contributed by atoms with Crippen molar-refractivity contribution in [1.82, 2.24) is 0 Å². The van der Waals surface area contributed by atoms with Crippen LogP contribution >= 0.6 is 15.9 Å². The Morgan fingerprint density at radius 2 is 1.71 bits per heavy atom. The van der Waals surface area contributed by atoms with Gasteiger partial charge in [-0.25, -0.2) is 0 Å². The van der Waals surface area contributed by atoms with Crippen LogP contribution in [0.2, 0.25) is 0 Å². The van der Waals surface area contributed by atoms with E-state index in [1.54, 1.807) is 0 Å². The lowest BCUT2D eigenvalue weighted by molar-refractivity contribution is -0.118. The van der Waals surface area contributed by atoms with Gasteiger partial charge in [-0.3, -0.25) is 4.79 Å². The van der Waals surface area contributed by atoms with E-state index in [9.17, 15) is 4.79 Å². The molecule has 1 aliphatic carbocycles. The first-order valence-corrected chi connectivity index (χ1v) is 6.63. The van der Waals surface area contributed by atoms with Crippen LogP contribution in [-0.4, -0.2) is 5.91 Å². The number of hydrogen-bond acceptors (Lipinski definition) is 1. The van der Waals surface area contributed by atoms with Crippen LogP contribution in [-0.2, 0) is 4.79 Å². The van der Waals surface area contributed by atoms with Crippen LogP contribution in [0.4, 0.5) is 5.69 Å². The van der Waals surface area contributed by atoms with Crippen LogP contribution in [0.5, 0.6) is 0 Å². The van der Waals surface area contributed by atoms with Gasteiger partial charge < -0.3 is 5.32 Å². The van der Waals surface area contributed by atoms with Crippen molar-refractivity contribution >= 4 is 27.5 Å². The molecule has 2 nitrogen and oxygen atoms in total. The van der Waals surface area contributed by atoms with E-state index in [-0.39, 0.29) is 22.7 Å². The normalized spacial score (nSPS) is 21.0. The molecule has 1 aromatic rings. The number of carbonyl (C=O) groups is 1. The van der Waals surface area contributed by atoms with Crippen molar-refractivity contribution in [2.24, 2.45) is 16.7 Å². The van der Waals surface area contributed by atoms with Gasteiger partial charge in [-0.1, -0.05) is 39.8 Å². The fraction of sp³-hybridized carbons (Fsp3) is 0.500. The second kappa shape index (κ2) is 3.84. The van der Waals surface area contributed by atoms with Crippen LogP contribution < -0.4 is 5.32 Å². The first kappa shape index (κ1) is 12.6. The highest BCUT2D eigenvalue weighted by molar-refractivity contribution is 9.10. The van der Waals surface area contributed by atoms with Crippen molar-refractivity contribution in [3.8, 4) is 0 Å². The quantitative estimate of drug-likeness (QED) is 0.875. The highest BCUT2D eigenvalue weighted by Crippen LogP contribution is 2.68. The Morgan fingerprint density at radius 3 is 2.18 bits per heavy atom. The molecule has 0 heterocycles. The lowest BCUT2D eigenvalue weighted by Gasteiger charge is -2.08. The number of rotatable bonds is 2. The predicted octanol–water partition coefficient (Wildman–Crippen LogP) is 4.07. The first-order chi connectivity index (χ1) is 7.78. The van der Waals surface area contributed by atoms with Crippen molar-refractivity contribution < 1.29 is 4.79 Å². The molecule has 17 heavy (non-hydrogen) atoms. The smallest absolute Gasteiger partial charge is 0.228 e. The Labute approximate surface area is 111 Å². The number of hydrogen-bond donors (Lipinski definition) is 1.